The lowest BCUT2D eigenvalue weighted by atomic mass is 9.86. The van der Waals surface area contributed by atoms with E-state index in [9.17, 15) is 15.0 Å². The molecule has 0 saturated carbocycles. The van der Waals surface area contributed by atoms with Crippen LogP contribution in [0.25, 0.3) is 0 Å². The molecule has 1 rings (SSSR count). The normalized spacial score (nSPS) is 15.9. The number of carboxylic acid groups (broad SMARTS) is 1. The first kappa shape index (κ1) is 14.8. The summed E-state index contributed by atoms with van der Waals surface area (Å²) in [5.74, 6) is -1.08. The highest BCUT2D eigenvalue weighted by Gasteiger charge is 2.41. The summed E-state index contributed by atoms with van der Waals surface area (Å²) >= 11 is 6.20. The van der Waals surface area contributed by atoms with Gasteiger partial charge >= 0.3 is 5.97 Å². The van der Waals surface area contributed by atoms with E-state index in [0.717, 1.165) is 6.42 Å². The summed E-state index contributed by atoms with van der Waals surface area (Å²) in [4.78, 5) is 11.4. The van der Waals surface area contributed by atoms with Crippen LogP contribution >= 0.6 is 11.6 Å². The lowest BCUT2D eigenvalue weighted by Crippen LogP contribution is -2.51. The van der Waals surface area contributed by atoms with Crippen molar-refractivity contribution < 1.29 is 15.0 Å². The van der Waals surface area contributed by atoms with Crippen LogP contribution in [0.3, 0.4) is 0 Å². The molecule has 4 nitrogen and oxygen atoms in total. The largest absolute Gasteiger partial charge is 0.508 e. The SMILES string of the molecule is CCCC[C@@](N)(C(=O)O)C(Cl)c1cccc(O)c1. The first-order valence-electron chi connectivity index (χ1n) is 5.87. The molecule has 0 aromatic heterocycles. The van der Waals surface area contributed by atoms with Crippen molar-refractivity contribution in [2.45, 2.75) is 37.1 Å². The summed E-state index contributed by atoms with van der Waals surface area (Å²) in [5.41, 5.74) is 4.93. The van der Waals surface area contributed by atoms with Gasteiger partial charge in [0, 0.05) is 0 Å². The number of phenols is 1. The molecular formula is C13H18ClNO3. The molecule has 0 amide bonds. The number of alkyl halides is 1. The predicted octanol–water partition coefficient (Wildman–Crippen LogP) is 2.64. The molecule has 100 valence electrons. The van der Waals surface area contributed by atoms with Gasteiger partial charge in [0.05, 0.1) is 5.38 Å². The number of hydrogen-bond donors (Lipinski definition) is 3. The Hall–Kier alpha value is -1.26. The molecule has 1 aromatic rings. The van der Waals surface area contributed by atoms with E-state index in [2.05, 4.69) is 0 Å². The molecule has 5 heteroatoms. The van der Waals surface area contributed by atoms with Gasteiger partial charge in [-0.05, 0) is 24.1 Å². The molecule has 1 unspecified atom stereocenters. The Morgan fingerprint density at radius 2 is 2.22 bits per heavy atom. The second-order valence-corrected chi connectivity index (χ2v) is 4.84. The molecule has 0 aliphatic rings. The van der Waals surface area contributed by atoms with Gasteiger partial charge in [0.25, 0.3) is 0 Å². The molecule has 0 bridgehead atoms. The maximum Gasteiger partial charge on any atom is 0.325 e. The van der Waals surface area contributed by atoms with E-state index in [0.29, 0.717) is 18.4 Å². The minimum absolute atomic E-state index is 0.0429. The number of carboxylic acids is 1. The number of nitrogens with two attached hydrogens (primary N) is 1. The van der Waals surface area contributed by atoms with Crippen molar-refractivity contribution in [1.82, 2.24) is 0 Å². The lowest BCUT2D eigenvalue weighted by Gasteiger charge is -2.30. The Kier molecular flexibility index (Phi) is 4.99. The summed E-state index contributed by atoms with van der Waals surface area (Å²) in [6, 6.07) is 6.21. The molecule has 0 fully saturated rings. The average Bonchev–Trinajstić information content (AvgIpc) is 2.34. The van der Waals surface area contributed by atoms with Crippen molar-refractivity contribution >= 4 is 17.6 Å². The maximum atomic E-state index is 11.4. The Morgan fingerprint density at radius 3 is 2.72 bits per heavy atom. The van der Waals surface area contributed by atoms with Gasteiger partial charge in [0.15, 0.2) is 0 Å². The van der Waals surface area contributed by atoms with Gasteiger partial charge < -0.3 is 15.9 Å². The predicted molar refractivity (Wildman–Crippen MR) is 70.8 cm³/mol. The number of halogens is 1. The Bertz CT molecular complexity index is 424. The van der Waals surface area contributed by atoms with E-state index in [4.69, 9.17) is 17.3 Å². The summed E-state index contributed by atoms with van der Waals surface area (Å²) in [5, 5.41) is 17.8. The van der Waals surface area contributed by atoms with Crippen LogP contribution in [0, 0.1) is 0 Å². The number of aliphatic carboxylic acids is 1. The zero-order chi connectivity index (χ0) is 13.8. The molecule has 0 saturated heterocycles. The molecule has 0 spiro atoms. The third-order valence-corrected chi connectivity index (χ3v) is 3.60. The van der Waals surface area contributed by atoms with Crippen LogP contribution < -0.4 is 5.73 Å². The highest BCUT2D eigenvalue weighted by atomic mass is 35.5. The Labute approximate surface area is 111 Å². The fourth-order valence-electron chi connectivity index (χ4n) is 1.79. The third-order valence-electron chi connectivity index (χ3n) is 2.96. The Morgan fingerprint density at radius 1 is 1.56 bits per heavy atom. The minimum atomic E-state index is -1.52. The summed E-state index contributed by atoms with van der Waals surface area (Å²) in [7, 11) is 0. The molecule has 0 aliphatic carbocycles. The van der Waals surface area contributed by atoms with Gasteiger partial charge in [-0.15, -0.1) is 11.6 Å². The molecular weight excluding hydrogens is 254 g/mol. The van der Waals surface area contributed by atoms with Gasteiger partial charge in [-0.1, -0.05) is 31.9 Å². The fraction of sp³-hybridized carbons (Fsp3) is 0.462. The number of aromatic hydroxyl groups is 1. The summed E-state index contributed by atoms with van der Waals surface area (Å²) in [6.45, 7) is 1.96. The van der Waals surface area contributed by atoms with Crippen molar-refractivity contribution in [2.24, 2.45) is 5.73 Å². The molecule has 0 aliphatic heterocycles. The molecule has 0 radical (unpaired) electrons. The number of rotatable bonds is 6. The minimum Gasteiger partial charge on any atom is -0.508 e. The van der Waals surface area contributed by atoms with Crippen LogP contribution in [-0.4, -0.2) is 21.7 Å². The van der Waals surface area contributed by atoms with E-state index in [-0.39, 0.29) is 5.75 Å². The standard InChI is InChI=1S/C13H18ClNO3/c1-2-3-7-13(15,12(17)18)11(14)9-5-4-6-10(16)8-9/h4-6,8,11,16H,2-3,7,15H2,1H3,(H,17,18)/t11?,13-/m0/s1. The summed E-state index contributed by atoms with van der Waals surface area (Å²) < 4.78 is 0. The highest BCUT2D eigenvalue weighted by Crippen LogP contribution is 2.35. The van der Waals surface area contributed by atoms with Gasteiger partial charge in [-0.3, -0.25) is 4.79 Å². The van der Waals surface area contributed by atoms with Crippen LogP contribution in [0.1, 0.15) is 37.1 Å². The van der Waals surface area contributed by atoms with Crippen molar-refractivity contribution in [1.29, 1.82) is 0 Å². The molecule has 2 atom stereocenters. The fourth-order valence-corrected chi connectivity index (χ4v) is 2.13. The van der Waals surface area contributed by atoms with Crippen LogP contribution in [0.2, 0.25) is 0 Å². The van der Waals surface area contributed by atoms with Crippen LogP contribution in [0.5, 0.6) is 5.75 Å². The van der Waals surface area contributed by atoms with Crippen molar-refractivity contribution in [2.75, 3.05) is 0 Å². The second-order valence-electron chi connectivity index (χ2n) is 4.41. The van der Waals surface area contributed by atoms with Gasteiger partial charge in [0.1, 0.15) is 11.3 Å². The zero-order valence-electron chi connectivity index (χ0n) is 10.3. The van der Waals surface area contributed by atoms with Crippen LogP contribution in [-0.2, 0) is 4.79 Å². The van der Waals surface area contributed by atoms with E-state index >= 15 is 0 Å². The molecule has 18 heavy (non-hydrogen) atoms. The lowest BCUT2D eigenvalue weighted by molar-refractivity contribution is -0.143. The van der Waals surface area contributed by atoms with Gasteiger partial charge in [-0.25, -0.2) is 0 Å². The third kappa shape index (κ3) is 3.15. The number of phenolic OH excluding ortho intramolecular Hbond substituents is 1. The number of hydrogen-bond acceptors (Lipinski definition) is 3. The van der Waals surface area contributed by atoms with E-state index in [1.54, 1.807) is 12.1 Å². The summed E-state index contributed by atoms with van der Waals surface area (Å²) in [6.07, 6.45) is 1.82. The number of benzene rings is 1. The van der Waals surface area contributed by atoms with Gasteiger partial charge in [-0.2, -0.15) is 0 Å². The smallest absolute Gasteiger partial charge is 0.325 e. The van der Waals surface area contributed by atoms with E-state index < -0.39 is 16.9 Å². The molecule has 1 aromatic carbocycles. The van der Waals surface area contributed by atoms with Crippen LogP contribution in [0.4, 0.5) is 0 Å². The van der Waals surface area contributed by atoms with E-state index in [1.807, 2.05) is 6.92 Å². The average molecular weight is 272 g/mol. The number of unbranched alkanes of at least 4 members (excludes halogenated alkanes) is 1. The topological polar surface area (TPSA) is 83.6 Å². The van der Waals surface area contributed by atoms with Gasteiger partial charge in [0.2, 0.25) is 0 Å². The quantitative estimate of drug-likeness (QED) is 0.695. The van der Waals surface area contributed by atoms with Crippen molar-refractivity contribution in [3.05, 3.63) is 29.8 Å². The first-order chi connectivity index (χ1) is 8.41. The van der Waals surface area contributed by atoms with Crippen molar-refractivity contribution in [3.63, 3.8) is 0 Å². The molecule has 4 N–H and O–H groups in total. The highest BCUT2D eigenvalue weighted by molar-refractivity contribution is 6.23. The number of carbonyl (C=O) groups is 1. The van der Waals surface area contributed by atoms with Crippen molar-refractivity contribution in [3.8, 4) is 5.75 Å². The molecule has 0 heterocycles. The maximum absolute atomic E-state index is 11.4. The Balaban J connectivity index is 3.02. The second kappa shape index (κ2) is 6.07. The van der Waals surface area contributed by atoms with E-state index in [1.165, 1.54) is 12.1 Å². The zero-order valence-corrected chi connectivity index (χ0v) is 11.0. The first-order valence-corrected chi connectivity index (χ1v) is 6.30. The van der Waals surface area contributed by atoms with Crippen LogP contribution in [0.15, 0.2) is 24.3 Å². The monoisotopic (exact) mass is 271 g/mol.